The van der Waals surface area contributed by atoms with Crippen LogP contribution in [0.25, 0.3) is 0 Å². The third-order valence-electron chi connectivity index (χ3n) is 8.13. The van der Waals surface area contributed by atoms with Crippen LogP contribution in [0.4, 0.5) is 0 Å². The quantitative estimate of drug-likeness (QED) is 0.376. The van der Waals surface area contributed by atoms with Crippen molar-refractivity contribution in [2.45, 2.75) is 51.7 Å². The van der Waals surface area contributed by atoms with Crippen LogP contribution in [0.2, 0.25) is 0 Å². The first-order valence-corrected chi connectivity index (χ1v) is 11.4. The lowest BCUT2D eigenvalue weighted by molar-refractivity contribution is -0.260. The molecule has 0 aromatic carbocycles. The fourth-order valence-electron chi connectivity index (χ4n) is 6.20. The highest BCUT2D eigenvalue weighted by Crippen LogP contribution is 2.62. The lowest BCUT2D eigenvalue weighted by Gasteiger charge is -2.60. The first-order valence-electron chi connectivity index (χ1n) is 11.4. The Morgan fingerprint density at radius 2 is 1.06 bits per heavy atom. The zero-order valence-electron chi connectivity index (χ0n) is 19.6. The molecule has 5 rings (SSSR count). The maximum Gasteiger partial charge on any atom is 0.317 e. The Morgan fingerprint density at radius 3 is 1.44 bits per heavy atom. The summed E-state index contributed by atoms with van der Waals surface area (Å²) < 4.78 is 33.9. The number of cyclic esters (lactones) is 4. The fourth-order valence-corrected chi connectivity index (χ4v) is 6.20. The number of hydrogen-bond acceptors (Lipinski definition) is 10. The highest BCUT2D eigenvalue weighted by molar-refractivity contribution is 5.89. The molecule has 2 spiro atoms. The molecular weight excluding hydrogens is 448 g/mol. The van der Waals surface area contributed by atoms with Gasteiger partial charge < -0.3 is 28.4 Å². The topological polar surface area (TPSA) is 124 Å². The lowest BCUT2D eigenvalue weighted by atomic mass is 9.50. The molecule has 6 atom stereocenters. The Hall–Kier alpha value is -2.72. The Bertz CT molecular complexity index is 962. The molecule has 34 heavy (non-hydrogen) atoms. The molecule has 184 valence electrons. The first-order chi connectivity index (χ1) is 16.0. The molecule has 3 aliphatic heterocycles. The number of rotatable bonds is 0. The molecule has 2 saturated carbocycles. The van der Waals surface area contributed by atoms with Crippen LogP contribution in [0, 0.1) is 22.7 Å². The van der Waals surface area contributed by atoms with Gasteiger partial charge in [-0.2, -0.15) is 0 Å². The van der Waals surface area contributed by atoms with E-state index >= 15 is 0 Å². The van der Waals surface area contributed by atoms with E-state index in [1.54, 1.807) is 39.8 Å². The molecule has 3 heterocycles. The Kier molecular flexibility index (Phi) is 5.01. The van der Waals surface area contributed by atoms with Gasteiger partial charge in [-0.1, -0.05) is 0 Å². The zero-order chi connectivity index (χ0) is 24.5. The summed E-state index contributed by atoms with van der Waals surface area (Å²) >= 11 is 0. The number of carbonyl (C=O) groups excluding carboxylic acids is 4. The SMILES string of the molecule is CC1=C[C@]23OCCO[C@]45C=C(C)OC(=O)C4C[C@@]5(C)C(=O)OCCOC(=O)[C@]2(C)CC3C(=O)O1. The van der Waals surface area contributed by atoms with Gasteiger partial charge in [0.2, 0.25) is 0 Å². The predicted molar refractivity (Wildman–Crippen MR) is 111 cm³/mol. The third-order valence-corrected chi connectivity index (χ3v) is 8.13. The molecule has 0 aromatic heterocycles. The molecular formula is C24H28O10. The van der Waals surface area contributed by atoms with Crippen molar-refractivity contribution in [3.05, 3.63) is 23.7 Å². The summed E-state index contributed by atoms with van der Waals surface area (Å²) in [6.07, 6.45) is 3.72. The van der Waals surface area contributed by atoms with Gasteiger partial charge in [0.15, 0.2) is 0 Å². The summed E-state index contributed by atoms with van der Waals surface area (Å²) in [5, 5.41) is 0. The van der Waals surface area contributed by atoms with E-state index in [-0.39, 0.29) is 39.3 Å². The average molecular weight is 476 g/mol. The highest BCUT2D eigenvalue weighted by Gasteiger charge is 2.73. The molecule has 10 nitrogen and oxygen atoms in total. The summed E-state index contributed by atoms with van der Waals surface area (Å²) in [6.45, 7) is 6.32. The van der Waals surface area contributed by atoms with Gasteiger partial charge in [0.25, 0.3) is 0 Å². The average Bonchev–Trinajstić information content (AvgIpc) is 2.76. The molecule has 0 bridgehead atoms. The van der Waals surface area contributed by atoms with E-state index < -0.39 is 57.7 Å². The zero-order valence-corrected chi connectivity index (χ0v) is 19.6. The largest absolute Gasteiger partial charge is 0.462 e. The van der Waals surface area contributed by atoms with Crippen LogP contribution in [-0.2, 0) is 47.6 Å². The fraction of sp³-hybridized carbons (Fsp3) is 0.667. The van der Waals surface area contributed by atoms with Crippen molar-refractivity contribution in [2.24, 2.45) is 22.7 Å². The van der Waals surface area contributed by atoms with Crippen LogP contribution in [0.15, 0.2) is 23.7 Å². The van der Waals surface area contributed by atoms with Crippen LogP contribution in [0.5, 0.6) is 0 Å². The maximum atomic E-state index is 13.0. The summed E-state index contributed by atoms with van der Waals surface area (Å²) in [5.41, 5.74) is -4.76. The van der Waals surface area contributed by atoms with E-state index in [0.29, 0.717) is 11.5 Å². The molecule has 2 aliphatic carbocycles. The molecule has 5 aliphatic rings. The van der Waals surface area contributed by atoms with E-state index in [4.69, 9.17) is 28.4 Å². The summed E-state index contributed by atoms with van der Waals surface area (Å²) in [5.74, 6) is -2.64. The van der Waals surface area contributed by atoms with Gasteiger partial charge in [-0.15, -0.1) is 0 Å². The molecule has 1 saturated heterocycles. The molecule has 0 radical (unpaired) electrons. The van der Waals surface area contributed by atoms with Gasteiger partial charge in [-0.05, 0) is 52.7 Å². The number of carbonyl (C=O) groups is 4. The standard InChI is InChI=1S/C24H28O10/c1-13-9-23-15(17(25)33-13)11-21(23,3)19(27)29-5-6-30-20(28)22(4)12-16-18(26)34-14(2)10-24(16,22)32-8-7-31-23/h9-10,15-16H,5-8,11-12H2,1-4H3/t15?,16?,21-,22-,23+,24+/m0/s1. The first kappa shape index (κ1) is 23.0. The minimum absolute atomic E-state index is 0.00202. The van der Waals surface area contributed by atoms with E-state index in [0.717, 1.165) is 0 Å². The minimum atomic E-state index is -1.25. The van der Waals surface area contributed by atoms with Gasteiger partial charge in [-0.25, -0.2) is 0 Å². The molecule has 10 heteroatoms. The van der Waals surface area contributed by atoms with Crippen LogP contribution >= 0.6 is 0 Å². The van der Waals surface area contributed by atoms with Crippen LogP contribution < -0.4 is 0 Å². The van der Waals surface area contributed by atoms with Crippen LogP contribution in [-0.4, -0.2) is 61.5 Å². The summed E-state index contributed by atoms with van der Waals surface area (Å²) in [7, 11) is 0. The summed E-state index contributed by atoms with van der Waals surface area (Å²) in [4.78, 5) is 51.2. The van der Waals surface area contributed by atoms with Gasteiger partial charge in [0, 0.05) is 0 Å². The minimum Gasteiger partial charge on any atom is -0.462 e. The summed E-state index contributed by atoms with van der Waals surface area (Å²) in [6, 6.07) is 0. The molecule has 2 unspecified atom stereocenters. The van der Waals surface area contributed by atoms with Gasteiger partial charge in [0.05, 0.1) is 35.9 Å². The smallest absolute Gasteiger partial charge is 0.317 e. The van der Waals surface area contributed by atoms with E-state index in [1.807, 2.05) is 0 Å². The molecule has 0 amide bonds. The molecule has 0 aromatic rings. The van der Waals surface area contributed by atoms with Gasteiger partial charge in [0.1, 0.15) is 35.9 Å². The Balaban J connectivity index is 1.48. The normalized spacial score (nSPS) is 44.4. The van der Waals surface area contributed by atoms with E-state index in [2.05, 4.69) is 0 Å². The van der Waals surface area contributed by atoms with E-state index in [1.165, 1.54) is 0 Å². The lowest BCUT2D eigenvalue weighted by Crippen LogP contribution is -2.71. The monoisotopic (exact) mass is 476 g/mol. The number of ether oxygens (including phenoxy) is 6. The number of hydrogen-bond donors (Lipinski definition) is 0. The predicted octanol–water partition coefficient (Wildman–Crippen LogP) is 1.57. The third kappa shape index (κ3) is 2.81. The molecule has 3 fully saturated rings. The Morgan fingerprint density at radius 1 is 0.676 bits per heavy atom. The second-order valence-corrected chi connectivity index (χ2v) is 10.1. The van der Waals surface area contributed by atoms with Gasteiger partial charge >= 0.3 is 23.9 Å². The highest BCUT2D eigenvalue weighted by atomic mass is 16.6. The van der Waals surface area contributed by atoms with Crippen LogP contribution in [0.3, 0.4) is 0 Å². The Labute approximate surface area is 196 Å². The van der Waals surface area contributed by atoms with Crippen molar-refractivity contribution in [1.82, 2.24) is 0 Å². The van der Waals surface area contributed by atoms with E-state index in [9.17, 15) is 19.2 Å². The second-order valence-electron chi connectivity index (χ2n) is 10.1. The number of esters is 4. The van der Waals surface area contributed by atoms with Crippen molar-refractivity contribution in [3.8, 4) is 0 Å². The number of allylic oxidation sites excluding steroid dienone is 2. The second kappa shape index (κ2) is 7.39. The van der Waals surface area contributed by atoms with Gasteiger partial charge in [-0.3, -0.25) is 19.2 Å². The molecule has 0 N–H and O–H groups in total. The van der Waals surface area contributed by atoms with Crippen LogP contribution in [0.1, 0.15) is 40.5 Å². The van der Waals surface area contributed by atoms with Crippen molar-refractivity contribution in [3.63, 3.8) is 0 Å². The van der Waals surface area contributed by atoms with Crippen molar-refractivity contribution in [2.75, 3.05) is 26.4 Å². The van der Waals surface area contributed by atoms with Crippen molar-refractivity contribution in [1.29, 1.82) is 0 Å². The van der Waals surface area contributed by atoms with Crippen molar-refractivity contribution >= 4 is 23.9 Å². The maximum absolute atomic E-state index is 13.0. The van der Waals surface area contributed by atoms with Crippen molar-refractivity contribution < 1.29 is 47.6 Å².